The number of anilines is 1. The number of ether oxygens (including phenoxy) is 3. The van der Waals surface area contributed by atoms with Crippen molar-refractivity contribution in [3.8, 4) is 17.2 Å². The Morgan fingerprint density at radius 3 is 2.33 bits per heavy atom. The molecule has 190 valence electrons. The Morgan fingerprint density at radius 1 is 0.944 bits per heavy atom. The Hall–Kier alpha value is -3.68. The minimum Gasteiger partial charge on any atom is -0.497 e. The van der Waals surface area contributed by atoms with E-state index >= 15 is 0 Å². The van der Waals surface area contributed by atoms with E-state index in [9.17, 15) is 9.59 Å². The molecule has 2 aromatic carbocycles. The van der Waals surface area contributed by atoms with Crippen LogP contribution in [0.4, 0.5) is 5.69 Å². The van der Waals surface area contributed by atoms with Crippen LogP contribution in [-0.2, 0) is 11.3 Å². The summed E-state index contributed by atoms with van der Waals surface area (Å²) in [6, 6.07) is 13.0. The number of rotatable bonds is 6. The Morgan fingerprint density at radius 2 is 1.64 bits per heavy atom. The monoisotopic (exact) mass is 491 g/mol. The van der Waals surface area contributed by atoms with Crippen LogP contribution in [-0.4, -0.2) is 49.3 Å². The molecule has 1 saturated carbocycles. The first-order valence-electron chi connectivity index (χ1n) is 12.4. The number of nitrogens with zero attached hydrogens (tertiary/aromatic N) is 2. The van der Waals surface area contributed by atoms with Gasteiger partial charge in [-0.25, -0.2) is 0 Å². The van der Waals surface area contributed by atoms with Crippen molar-refractivity contribution in [2.45, 2.75) is 57.2 Å². The van der Waals surface area contributed by atoms with Gasteiger partial charge in [-0.15, -0.1) is 0 Å². The van der Waals surface area contributed by atoms with Gasteiger partial charge in [0.05, 0.1) is 39.1 Å². The molecule has 2 amide bonds. The number of hydrogen-bond acceptors (Lipinski definition) is 5. The van der Waals surface area contributed by atoms with Crippen LogP contribution in [0, 0.1) is 0 Å². The smallest absolute Gasteiger partial charge is 0.276 e. The van der Waals surface area contributed by atoms with Crippen molar-refractivity contribution in [1.82, 2.24) is 9.88 Å². The molecule has 1 fully saturated rings. The molecular weight excluding hydrogens is 458 g/mol. The lowest BCUT2D eigenvalue weighted by molar-refractivity contribution is -0.127. The minimum absolute atomic E-state index is 0.107. The fraction of sp³-hybridized carbons (Fsp3) is 0.429. The van der Waals surface area contributed by atoms with Crippen LogP contribution in [0.15, 0.2) is 42.5 Å². The number of carbonyl (C=O) groups is 2. The van der Waals surface area contributed by atoms with E-state index in [0.717, 1.165) is 36.6 Å². The van der Waals surface area contributed by atoms with E-state index in [0.29, 0.717) is 28.6 Å². The average molecular weight is 492 g/mol. The van der Waals surface area contributed by atoms with E-state index in [1.165, 1.54) is 6.42 Å². The van der Waals surface area contributed by atoms with Crippen LogP contribution < -0.4 is 24.4 Å². The number of nitrogens with one attached hydrogen (secondary N) is 1. The van der Waals surface area contributed by atoms with Gasteiger partial charge in [0.15, 0.2) is 0 Å². The van der Waals surface area contributed by atoms with Crippen LogP contribution in [0.3, 0.4) is 0 Å². The first-order valence-corrected chi connectivity index (χ1v) is 12.4. The highest BCUT2D eigenvalue weighted by atomic mass is 16.5. The fourth-order valence-electron chi connectivity index (χ4n) is 5.53. The maximum Gasteiger partial charge on any atom is 0.276 e. The second kappa shape index (κ2) is 9.41. The molecule has 36 heavy (non-hydrogen) atoms. The third-order valence-electron chi connectivity index (χ3n) is 7.55. The largest absolute Gasteiger partial charge is 0.497 e. The summed E-state index contributed by atoms with van der Waals surface area (Å²) in [4.78, 5) is 29.8. The van der Waals surface area contributed by atoms with Gasteiger partial charge < -0.3 is 24.1 Å². The Labute approximate surface area is 211 Å². The molecule has 5 rings (SSSR count). The van der Waals surface area contributed by atoms with E-state index in [2.05, 4.69) is 5.32 Å². The molecule has 0 spiro atoms. The van der Waals surface area contributed by atoms with Crippen molar-refractivity contribution < 1.29 is 23.8 Å². The lowest BCUT2D eigenvalue weighted by atomic mass is 9.90. The highest BCUT2D eigenvalue weighted by Gasteiger charge is 2.50. The quantitative estimate of drug-likeness (QED) is 0.548. The minimum atomic E-state index is -1.21. The molecule has 8 heteroatoms. The second-order valence-electron chi connectivity index (χ2n) is 9.80. The Balaban J connectivity index is 1.67. The number of methoxy groups -OCH3 is 3. The maximum atomic E-state index is 14.2. The summed E-state index contributed by atoms with van der Waals surface area (Å²) in [6.07, 6.45) is 5.29. The zero-order valence-corrected chi connectivity index (χ0v) is 21.3. The maximum absolute atomic E-state index is 14.2. The molecule has 2 heterocycles. The summed E-state index contributed by atoms with van der Waals surface area (Å²) in [6.45, 7) is 2.11. The first kappa shape index (κ1) is 24.0. The van der Waals surface area contributed by atoms with Crippen LogP contribution in [0.2, 0.25) is 0 Å². The zero-order valence-electron chi connectivity index (χ0n) is 21.3. The van der Waals surface area contributed by atoms with Gasteiger partial charge >= 0.3 is 0 Å². The van der Waals surface area contributed by atoms with E-state index < -0.39 is 5.54 Å². The number of benzene rings is 2. The summed E-state index contributed by atoms with van der Waals surface area (Å²) < 4.78 is 18.5. The topological polar surface area (TPSA) is 82.0 Å². The summed E-state index contributed by atoms with van der Waals surface area (Å²) >= 11 is 0. The lowest BCUT2D eigenvalue weighted by Gasteiger charge is -2.45. The van der Waals surface area contributed by atoms with Crippen molar-refractivity contribution in [2.24, 2.45) is 0 Å². The molecule has 1 aromatic heterocycles. The third-order valence-corrected chi connectivity index (χ3v) is 7.55. The fourth-order valence-corrected chi connectivity index (χ4v) is 5.53. The Kier molecular flexibility index (Phi) is 6.28. The van der Waals surface area contributed by atoms with E-state index in [1.807, 2.05) is 35.8 Å². The predicted molar refractivity (Wildman–Crippen MR) is 138 cm³/mol. The summed E-state index contributed by atoms with van der Waals surface area (Å²) in [7, 11) is 4.75. The molecule has 1 unspecified atom stereocenters. The summed E-state index contributed by atoms with van der Waals surface area (Å²) in [5.74, 6) is 1.31. The third kappa shape index (κ3) is 3.94. The zero-order chi connectivity index (χ0) is 25.4. The molecule has 2 aliphatic rings. The standard InChI is InChI=1S/C28H33N3O5/c1-28(27(33)29-19-8-6-5-7-9-19)17-30-22-15-20(34-2)11-10-18(22)14-24(30)26(32)31(28)23-16-21(35-3)12-13-25(23)36-4/h10-16,19H,5-9,17H2,1-4H3,(H,29,33). The number of hydrogen-bond donors (Lipinski definition) is 1. The van der Waals surface area contributed by atoms with Crippen molar-refractivity contribution in [2.75, 3.05) is 26.2 Å². The highest BCUT2D eigenvalue weighted by Crippen LogP contribution is 2.42. The van der Waals surface area contributed by atoms with Gasteiger partial charge in [0, 0.05) is 23.6 Å². The van der Waals surface area contributed by atoms with E-state index in [-0.39, 0.29) is 24.4 Å². The Bertz CT molecular complexity index is 1310. The number of amides is 2. The number of carbonyl (C=O) groups excluding carboxylic acids is 2. The van der Waals surface area contributed by atoms with Crippen LogP contribution in [0.5, 0.6) is 17.2 Å². The average Bonchev–Trinajstić information content (AvgIpc) is 3.26. The van der Waals surface area contributed by atoms with E-state index in [1.54, 1.807) is 44.4 Å². The highest BCUT2D eigenvalue weighted by molar-refractivity contribution is 6.14. The van der Waals surface area contributed by atoms with Gasteiger partial charge in [0.25, 0.3) is 5.91 Å². The second-order valence-corrected chi connectivity index (χ2v) is 9.80. The van der Waals surface area contributed by atoms with E-state index in [4.69, 9.17) is 14.2 Å². The van der Waals surface area contributed by atoms with Crippen molar-refractivity contribution in [3.63, 3.8) is 0 Å². The SMILES string of the molecule is COc1ccc(OC)c(N2C(=O)c3cc4ccc(OC)cc4n3CC2(C)C(=O)NC2CCCCC2)c1. The van der Waals surface area contributed by atoms with Gasteiger partial charge in [-0.2, -0.15) is 0 Å². The molecule has 1 aliphatic heterocycles. The van der Waals surface area contributed by atoms with Gasteiger partial charge in [0.2, 0.25) is 5.91 Å². The van der Waals surface area contributed by atoms with Crippen LogP contribution in [0.25, 0.3) is 10.9 Å². The number of fused-ring (bicyclic) bond motifs is 3. The van der Waals surface area contributed by atoms with Crippen LogP contribution in [0.1, 0.15) is 49.5 Å². The van der Waals surface area contributed by atoms with Gasteiger partial charge in [0.1, 0.15) is 28.5 Å². The molecule has 0 radical (unpaired) electrons. The summed E-state index contributed by atoms with van der Waals surface area (Å²) in [5, 5.41) is 4.18. The molecule has 8 nitrogen and oxygen atoms in total. The molecule has 1 atom stereocenters. The van der Waals surface area contributed by atoms with Crippen molar-refractivity contribution >= 4 is 28.4 Å². The summed E-state index contributed by atoms with van der Waals surface area (Å²) in [5.41, 5.74) is 0.644. The van der Waals surface area contributed by atoms with Gasteiger partial charge in [-0.1, -0.05) is 19.3 Å². The lowest BCUT2D eigenvalue weighted by Crippen LogP contribution is -2.65. The van der Waals surface area contributed by atoms with Crippen LogP contribution >= 0.6 is 0 Å². The van der Waals surface area contributed by atoms with Gasteiger partial charge in [-0.3, -0.25) is 14.5 Å². The number of aromatic nitrogens is 1. The first-order chi connectivity index (χ1) is 17.4. The van der Waals surface area contributed by atoms with Gasteiger partial charge in [-0.05, 0) is 50.1 Å². The van der Waals surface area contributed by atoms with Crippen molar-refractivity contribution in [3.05, 3.63) is 48.2 Å². The molecule has 1 N–H and O–H groups in total. The molecule has 3 aromatic rings. The molecule has 1 aliphatic carbocycles. The van der Waals surface area contributed by atoms with Crippen molar-refractivity contribution in [1.29, 1.82) is 0 Å². The molecule has 0 saturated heterocycles. The predicted octanol–water partition coefficient (Wildman–Crippen LogP) is 4.54. The molecule has 0 bridgehead atoms. The normalized spacial score (nSPS) is 20.2. The molecular formula is C28H33N3O5.